The molecule has 1 amide bonds. The van der Waals surface area contributed by atoms with Gasteiger partial charge in [-0.05, 0) is 23.8 Å². The summed E-state index contributed by atoms with van der Waals surface area (Å²) in [5, 5.41) is 0. The first kappa shape index (κ1) is 9.68. The SMILES string of the molecule is CN1C(=O)C(CN)c2cc(Br)ccc21. The van der Waals surface area contributed by atoms with Crippen LogP contribution >= 0.6 is 15.9 Å². The van der Waals surface area contributed by atoms with Crippen LogP contribution < -0.4 is 10.6 Å². The average Bonchev–Trinajstić information content (AvgIpc) is 2.39. The maximum Gasteiger partial charge on any atom is 0.235 e. The first-order valence-corrected chi connectivity index (χ1v) is 5.21. The van der Waals surface area contributed by atoms with E-state index in [4.69, 9.17) is 5.73 Å². The van der Waals surface area contributed by atoms with Crippen molar-refractivity contribution in [1.29, 1.82) is 0 Å². The van der Waals surface area contributed by atoms with Crippen molar-refractivity contribution in [2.75, 3.05) is 18.5 Å². The van der Waals surface area contributed by atoms with Gasteiger partial charge in [-0.3, -0.25) is 4.79 Å². The first-order chi connectivity index (χ1) is 6.65. The summed E-state index contributed by atoms with van der Waals surface area (Å²) in [5.41, 5.74) is 7.58. The smallest absolute Gasteiger partial charge is 0.235 e. The Balaban J connectivity index is 2.56. The zero-order valence-electron chi connectivity index (χ0n) is 7.83. The maximum atomic E-state index is 11.7. The molecule has 2 N–H and O–H groups in total. The van der Waals surface area contributed by atoms with E-state index in [1.54, 1.807) is 11.9 Å². The third-order valence-electron chi connectivity index (χ3n) is 2.59. The van der Waals surface area contributed by atoms with Crippen LogP contribution in [0.25, 0.3) is 0 Å². The van der Waals surface area contributed by atoms with E-state index in [0.717, 1.165) is 15.7 Å². The molecule has 1 aliphatic rings. The Morgan fingerprint density at radius 2 is 2.29 bits per heavy atom. The Bertz CT molecular complexity index is 392. The predicted molar refractivity (Wildman–Crippen MR) is 59.3 cm³/mol. The molecule has 14 heavy (non-hydrogen) atoms. The van der Waals surface area contributed by atoms with Gasteiger partial charge in [0.05, 0.1) is 5.92 Å². The number of carbonyl (C=O) groups excluding carboxylic acids is 1. The predicted octanol–water partition coefficient (Wildman–Crippen LogP) is 1.47. The van der Waals surface area contributed by atoms with Crippen LogP contribution in [-0.4, -0.2) is 19.5 Å². The highest BCUT2D eigenvalue weighted by molar-refractivity contribution is 9.10. The van der Waals surface area contributed by atoms with Gasteiger partial charge in [0.2, 0.25) is 5.91 Å². The van der Waals surface area contributed by atoms with Crippen molar-refractivity contribution in [2.24, 2.45) is 5.73 Å². The molecule has 0 saturated carbocycles. The molecule has 1 unspecified atom stereocenters. The van der Waals surface area contributed by atoms with Gasteiger partial charge in [-0.1, -0.05) is 15.9 Å². The largest absolute Gasteiger partial charge is 0.329 e. The van der Waals surface area contributed by atoms with Gasteiger partial charge in [0.25, 0.3) is 0 Å². The summed E-state index contributed by atoms with van der Waals surface area (Å²) in [6.45, 7) is 0.368. The first-order valence-electron chi connectivity index (χ1n) is 4.42. The molecule has 1 atom stereocenters. The van der Waals surface area contributed by atoms with Crippen molar-refractivity contribution >= 4 is 27.5 Å². The summed E-state index contributed by atoms with van der Waals surface area (Å²) in [6.07, 6.45) is 0. The molecule has 1 aromatic rings. The number of nitrogens with two attached hydrogens (primary N) is 1. The van der Waals surface area contributed by atoms with Gasteiger partial charge in [-0.25, -0.2) is 0 Å². The summed E-state index contributed by atoms with van der Waals surface area (Å²) in [6, 6.07) is 5.84. The minimum atomic E-state index is -0.174. The molecule has 0 spiro atoms. The number of rotatable bonds is 1. The summed E-state index contributed by atoms with van der Waals surface area (Å²) >= 11 is 3.39. The molecular weight excluding hydrogens is 244 g/mol. The molecule has 0 aromatic heterocycles. The summed E-state index contributed by atoms with van der Waals surface area (Å²) in [5.74, 6) is -0.0897. The van der Waals surface area contributed by atoms with Crippen molar-refractivity contribution in [2.45, 2.75) is 5.92 Å². The van der Waals surface area contributed by atoms with Crippen molar-refractivity contribution in [1.82, 2.24) is 0 Å². The number of fused-ring (bicyclic) bond motifs is 1. The zero-order valence-corrected chi connectivity index (χ0v) is 9.41. The highest BCUT2D eigenvalue weighted by atomic mass is 79.9. The summed E-state index contributed by atoms with van der Waals surface area (Å²) < 4.78 is 0.984. The third-order valence-corrected chi connectivity index (χ3v) is 3.08. The van der Waals surface area contributed by atoms with Crippen LogP contribution in [0.1, 0.15) is 11.5 Å². The van der Waals surface area contributed by atoms with Crippen LogP contribution in [0.2, 0.25) is 0 Å². The Hall–Kier alpha value is -0.870. The van der Waals surface area contributed by atoms with Gasteiger partial charge in [0, 0.05) is 23.8 Å². The zero-order chi connectivity index (χ0) is 10.3. The monoisotopic (exact) mass is 254 g/mol. The van der Waals surface area contributed by atoms with Crippen molar-refractivity contribution in [3.63, 3.8) is 0 Å². The van der Waals surface area contributed by atoms with Gasteiger partial charge in [-0.15, -0.1) is 0 Å². The quantitative estimate of drug-likeness (QED) is 0.825. The Kier molecular flexibility index (Phi) is 2.33. The number of carbonyl (C=O) groups is 1. The number of hydrogen-bond acceptors (Lipinski definition) is 2. The molecule has 0 aliphatic carbocycles. The molecular formula is C10H11BrN2O. The Morgan fingerprint density at radius 3 is 2.93 bits per heavy atom. The molecule has 4 heteroatoms. The van der Waals surface area contributed by atoms with Crippen molar-refractivity contribution < 1.29 is 4.79 Å². The van der Waals surface area contributed by atoms with Crippen LogP contribution in [0.15, 0.2) is 22.7 Å². The van der Waals surface area contributed by atoms with Crippen LogP contribution in [0.4, 0.5) is 5.69 Å². The van der Waals surface area contributed by atoms with Crippen LogP contribution in [0.3, 0.4) is 0 Å². The summed E-state index contributed by atoms with van der Waals surface area (Å²) in [7, 11) is 1.78. The van der Waals surface area contributed by atoms with Gasteiger partial charge in [-0.2, -0.15) is 0 Å². The Morgan fingerprint density at radius 1 is 1.57 bits per heavy atom. The number of hydrogen-bond donors (Lipinski definition) is 1. The topological polar surface area (TPSA) is 46.3 Å². The van der Waals surface area contributed by atoms with E-state index in [2.05, 4.69) is 15.9 Å². The standard InChI is InChI=1S/C10H11BrN2O/c1-13-9-3-2-6(11)4-7(9)8(5-12)10(13)14/h2-4,8H,5,12H2,1H3. The molecule has 1 heterocycles. The van der Waals surface area contributed by atoms with Crippen LogP contribution in [0, 0.1) is 0 Å². The molecule has 74 valence electrons. The van der Waals surface area contributed by atoms with Gasteiger partial charge >= 0.3 is 0 Å². The minimum Gasteiger partial charge on any atom is -0.329 e. The Labute approximate surface area is 91.0 Å². The van der Waals surface area contributed by atoms with E-state index in [1.165, 1.54) is 0 Å². The van der Waals surface area contributed by atoms with Crippen molar-refractivity contribution in [3.8, 4) is 0 Å². The number of anilines is 1. The molecule has 0 radical (unpaired) electrons. The average molecular weight is 255 g/mol. The lowest BCUT2D eigenvalue weighted by atomic mass is 10.0. The number of nitrogens with zero attached hydrogens (tertiary/aromatic N) is 1. The lowest BCUT2D eigenvalue weighted by Gasteiger charge is -2.09. The van der Waals surface area contributed by atoms with Gasteiger partial charge in [0.1, 0.15) is 0 Å². The van der Waals surface area contributed by atoms with E-state index in [1.807, 2.05) is 18.2 Å². The van der Waals surface area contributed by atoms with Gasteiger partial charge < -0.3 is 10.6 Å². The van der Waals surface area contributed by atoms with E-state index in [-0.39, 0.29) is 11.8 Å². The number of amides is 1. The second-order valence-electron chi connectivity index (χ2n) is 3.39. The van der Waals surface area contributed by atoms with E-state index < -0.39 is 0 Å². The fourth-order valence-corrected chi connectivity index (χ4v) is 2.20. The summed E-state index contributed by atoms with van der Waals surface area (Å²) in [4.78, 5) is 13.4. The number of likely N-dealkylation sites (N-methyl/N-ethyl adjacent to an activating group) is 1. The molecule has 2 rings (SSSR count). The van der Waals surface area contributed by atoms with E-state index in [9.17, 15) is 4.79 Å². The number of halogens is 1. The normalized spacial score (nSPS) is 20.1. The van der Waals surface area contributed by atoms with Crippen LogP contribution in [-0.2, 0) is 4.79 Å². The van der Waals surface area contributed by atoms with Crippen LogP contribution in [0.5, 0.6) is 0 Å². The van der Waals surface area contributed by atoms with E-state index in [0.29, 0.717) is 6.54 Å². The number of benzene rings is 1. The van der Waals surface area contributed by atoms with E-state index >= 15 is 0 Å². The molecule has 0 bridgehead atoms. The fourth-order valence-electron chi connectivity index (χ4n) is 1.82. The second kappa shape index (κ2) is 3.37. The molecule has 0 saturated heterocycles. The molecule has 1 aliphatic heterocycles. The second-order valence-corrected chi connectivity index (χ2v) is 4.30. The third kappa shape index (κ3) is 1.26. The molecule has 0 fully saturated rings. The lowest BCUT2D eigenvalue weighted by Crippen LogP contribution is -2.27. The minimum absolute atomic E-state index is 0.0839. The highest BCUT2D eigenvalue weighted by Crippen LogP contribution is 2.37. The van der Waals surface area contributed by atoms with Crippen molar-refractivity contribution in [3.05, 3.63) is 28.2 Å². The fraction of sp³-hybridized carbons (Fsp3) is 0.300. The maximum absolute atomic E-state index is 11.7. The van der Waals surface area contributed by atoms with Gasteiger partial charge in [0.15, 0.2) is 0 Å². The highest BCUT2D eigenvalue weighted by Gasteiger charge is 2.33. The molecule has 1 aromatic carbocycles. The molecule has 3 nitrogen and oxygen atoms in total. The lowest BCUT2D eigenvalue weighted by molar-refractivity contribution is -0.118.